The van der Waals surface area contributed by atoms with Crippen LogP contribution in [0.25, 0.3) is 11.1 Å². The van der Waals surface area contributed by atoms with Crippen molar-refractivity contribution in [3.63, 3.8) is 0 Å². The standard InChI is InChI=1S/C21H21FN6O/c1-13-10-28(3-4-29-13)20-7-19(24-12-25-20)21-17-6-16(15-9-26-27(2)11-15)18(22)5-14(17)8-23-21/h5-7,9,11-13H,3-4,8,10H2,1-2H3/t13-/m1/s1. The SMILES string of the molecule is C[C@@H]1CN(c2cc(C3=NCc4cc(F)c(-c5cnn(C)c5)cc43)ncn2)CCO1. The molecule has 0 saturated carbocycles. The average molecular weight is 392 g/mol. The summed E-state index contributed by atoms with van der Waals surface area (Å²) in [7, 11) is 1.82. The summed E-state index contributed by atoms with van der Waals surface area (Å²) in [6, 6.07) is 5.38. The molecule has 0 unspecified atom stereocenters. The fraction of sp³-hybridized carbons (Fsp3) is 0.333. The highest BCUT2D eigenvalue weighted by atomic mass is 19.1. The minimum atomic E-state index is -0.265. The molecule has 1 atom stereocenters. The first-order chi connectivity index (χ1) is 14.1. The normalized spacial score (nSPS) is 18.7. The lowest BCUT2D eigenvalue weighted by Gasteiger charge is -2.32. The van der Waals surface area contributed by atoms with Gasteiger partial charge in [-0.05, 0) is 24.6 Å². The Morgan fingerprint density at radius 2 is 2.07 bits per heavy atom. The maximum absolute atomic E-state index is 14.7. The summed E-state index contributed by atoms with van der Waals surface area (Å²) < 4.78 is 22.0. The van der Waals surface area contributed by atoms with E-state index in [9.17, 15) is 4.39 Å². The van der Waals surface area contributed by atoms with Gasteiger partial charge < -0.3 is 9.64 Å². The van der Waals surface area contributed by atoms with Crippen LogP contribution in [0.2, 0.25) is 0 Å². The van der Waals surface area contributed by atoms with Gasteiger partial charge in [-0.3, -0.25) is 9.67 Å². The Labute approximate surface area is 167 Å². The van der Waals surface area contributed by atoms with Crippen molar-refractivity contribution in [2.24, 2.45) is 12.0 Å². The van der Waals surface area contributed by atoms with Crippen LogP contribution in [-0.4, -0.2) is 51.3 Å². The Hall–Kier alpha value is -3.13. The van der Waals surface area contributed by atoms with E-state index in [0.29, 0.717) is 18.7 Å². The molecule has 5 rings (SSSR count). The van der Waals surface area contributed by atoms with Gasteiger partial charge >= 0.3 is 0 Å². The molecule has 4 heterocycles. The number of benzene rings is 1. The molecule has 8 heteroatoms. The zero-order valence-electron chi connectivity index (χ0n) is 16.3. The number of ether oxygens (including phenoxy) is 1. The number of aromatic nitrogens is 4. The van der Waals surface area contributed by atoms with Gasteiger partial charge in [-0.2, -0.15) is 5.10 Å². The van der Waals surface area contributed by atoms with E-state index >= 15 is 0 Å². The third-order valence-electron chi connectivity index (χ3n) is 5.33. The summed E-state index contributed by atoms with van der Waals surface area (Å²) in [5.74, 6) is 0.592. The maximum Gasteiger partial charge on any atom is 0.132 e. The maximum atomic E-state index is 14.7. The molecule has 0 amide bonds. The lowest BCUT2D eigenvalue weighted by Crippen LogP contribution is -2.41. The van der Waals surface area contributed by atoms with Gasteiger partial charge in [0.1, 0.15) is 18.0 Å². The van der Waals surface area contributed by atoms with Gasteiger partial charge in [-0.15, -0.1) is 0 Å². The molecule has 2 aromatic heterocycles. The quantitative estimate of drug-likeness (QED) is 0.685. The highest BCUT2D eigenvalue weighted by molar-refractivity contribution is 6.14. The number of halogens is 1. The summed E-state index contributed by atoms with van der Waals surface area (Å²) >= 11 is 0. The van der Waals surface area contributed by atoms with Crippen LogP contribution in [0.4, 0.5) is 10.2 Å². The number of hydrogen-bond acceptors (Lipinski definition) is 6. The number of anilines is 1. The first-order valence-electron chi connectivity index (χ1n) is 9.64. The minimum absolute atomic E-state index is 0.164. The zero-order chi connectivity index (χ0) is 20.0. The second-order valence-corrected chi connectivity index (χ2v) is 7.45. The molecule has 1 saturated heterocycles. The number of fused-ring (bicyclic) bond motifs is 1. The van der Waals surface area contributed by atoms with Crippen molar-refractivity contribution in [1.82, 2.24) is 19.7 Å². The molecule has 1 aromatic carbocycles. The summed E-state index contributed by atoms with van der Waals surface area (Å²) in [4.78, 5) is 15.7. The summed E-state index contributed by atoms with van der Waals surface area (Å²) in [5.41, 5.74) is 4.55. The van der Waals surface area contributed by atoms with Crippen LogP contribution < -0.4 is 4.90 Å². The van der Waals surface area contributed by atoms with Crippen molar-refractivity contribution in [1.29, 1.82) is 0 Å². The molecular formula is C21H21FN6O. The Morgan fingerprint density at radius 1 is 1.17 bits per heavy atom. The van der Waals surface area contributed by atoms with E-state index in [0.717, 1.165) is 47.0 Å². The van der Waals surface area contributed by atoms with Gasteiger partial charge in [0.15, 0.2) is 0 Å². The first kappa shape index (κ1) is 17.9. The molecular weight excluding hydrogens is 371 g/mol. The van der Waals surface area contributed by atoms with Crippen molar-refractivity contribution in [2.75, 3.05) is 24.6 Å². The molecule has 148 valence electrons. The van der Waals surface area contributed by atoms with E-state index in [2.05, 4.69) is 31.9 Å². The van der Waals surface area contributed by atoms with Crippen LogP contribution in [0.15, 0.2) is 41.9 Å². The van der Waals surface area contributed by atoms with Crippen molar-refractivity contribution in [3.8, 4) is 11.1 Å². The van der Waals surface area contributed by atoms with Gasteiger partial charge in [0.25, 0.3) is 0 Å². The lowest BCUT2D eigenvalue weighted by atomic mass is 9.97. The van der Waals surface area contributed by atoms with Crippen LogP contribution in [0.1, 0.15) is 23.7 Å². The minimum Gasteiger partial charge on any atom is -0.375 e. The molecule has 0 aliphatic carbocycles. The number of nitrogens with zero attached hydrogens (tertiary/aromatic N) is 6. The number of aliphatic imine (C=N–C) groups is 1. The molecule has 2 aliphatic heterocycles. The highest BCUT2D eigenvalue weighted by Crippen LogP contribution is 2.31. The summed E-state index contributed by atoms with van der Waals surface area (Å²) in [5, 5.41) is 4.16. The smallest absolute Gasteiger partial charge is 0.132 e. The van der Waals surface area contributed by atoms with E-state index in [1.54, 1.807) is 29.5 Å². The molecule has 0 bridgehead atoms. The van der Waals surface area contributed by atoms with Gasteiger partial charge in [0, 0.05) is 49.1 Å². The number of aryl methyl sites for hydroxylation is 1. The van der Waals surface area contributed by atoms with E-state index in [-0.39, 0.29) is 11.9 Å². The number of hydrogen-bond donors (Lipinski definition) is 0. The predicted octanol–water partition coefficient (Wildman–Crippen LogP) is 2.59. The number of morpholine rings is 1. The summed E-state index contributed by atoms with van der Waals surface area (Å²) in [6.45, 7) is 4.76. The third kappa shape index (κ3) is 3.29. The Balaban J connectivity index is 1.51. The van der Waals surface area contributed by atoms with E-state index in [1.807, 2.05) is 19.2 Å². The topological polar surface area (TPSA) is 68.4 Å². The predicted molar refractivity (Wildman–Crippen MR) is 108 cm³/mol. The molecule has 3 aromatic rings. The van der Waals surface area contributed by atoms with Crippen LogP contribution in [0.5, 0.6) is 0 Å². The third-order valence-corrected chi connectivity index (χ3v) is 5.33. The molecule has 7 nitrogen and oxygen atoms in total. The molecule has 0 radical (unpaired) electrons. The van der Waals surface area contributed by atoms with E-state index < -0.39 is 0 Å². The first-order valence-corrected chi connectivity index (χ1v) is 9.64. The molecule has 2 aliphatic rings. The fourth-order valence-electron chi connectivity index (χ4n) is 3.89. The van der Waals surface area contributed by atoms with Crippen molar-refractivity contribution >= 4 is 11.5 Å². The molecule has 0 N–H and O–H groups in total. The van der Waals surface area contributed by atoms with Crippen molar-refractivity contribution < 1.29 is 9.13 Å². The fourth-order valence-corrected chi connectivity index (χ4v) is 3.89. The van der Waals surface area contributed by atoms with Gasteiger partial charge in [-0.25, -0.2) is 14.4 Å². The van der Waals surface area contributed by atoms with Crippen molar-refractivity contribution in [2.45, 2.75) is 19.6 Å². The lowest BCUT2D eigenvalue weighted by molar-refractivity contribution is 0.0529. The van der Waals surface area contributed by atoms with Crippen LogP contribution in [0.3, 0.4) is 0 Å². The van der Waals surface area contributed by atoms with Crippen LogP contribution in [0, 0.1) is 5.82 Å². The zero-order valence-corrected chi connectivity index (χ0v) is 16.3. The monoisotopic (exact) mass is 392 g/mol. The molecule has 29 heavy (non-hydrogen) atoms. The van der Waals surface area contributed by atoms with E-state index in [1.165, 1.54) is 0 Å². The largest absolute Gasteiger partial charge is 0.375 e. The second kappa shape index (κ2) is 7.04. The van der Waals surface area contributed by atoms with Crippen molar-refractivity contribution in [3.05, 3.63) is 59.6 Å². The molecule has 0 spiro atoms. The van der Waals surface area contributed by atoms with Gasteiger partial charge in [0.05, 0.1) is 36.9 Å². The second-order valence-electron chi connectivity index (χ2n) is 7.45. The van der Waals surface area contributed by atoms with Gasteiger partial charge in [-0.1, -0.05) is 0 Å². The Bertz CT molecular complexity index is 1110. The Kier molecular flexibility index (Phi) is 4.35. The highest BCUT2D eigenvalue weighted by Gasteiger charge is 2.24. The Morgan fingerprint density at radius 3 is 2.86 bits per heavy atom. The van der Waals surface area contributed by atoms with Gasteiger partial charge in [0.2, 0.25) is 0 Å². The average Bonchev–Trinajstić information content (AvgIpc) is 3.33. The molecule has 1 fully saturated rings. The van der Waals surface area contributed by atoms with Crippen LogP contribution >= 0.6 is 0 Å². The van der Waals surface area contributed by atoms with E-state index in [4.69, 9.17) is 4.74 Å². The summed E-state index contributed by atoms with van der Waals surface area (Å²) in [6.07, 6.45) is 5.20. The number of rotatable bonds is 3. The van der Waals surface area contributed by atoms with Crippen LogP contribution in [-0.2, 0) is 18.3 Å².